The maximum atomic E-state index is 2.29. The van der Waals surface area contributed by atoms with Gasteiger partial charge < -0.3 is 0 Å². The highest BCUT2D eigenvalue weighted by molar-refractivity contribution is 5.36. The first-order chi connectivity index (χ1) is 6.66. The van der Waals surface area contributed by atoms with Gasteiger partial charge in [0.1, 0.15) is 0 Å². The lowest BCUT2D eigenvalue weighted by molar-refractivity contribution is 0.764. The fraction of sp³-hybridized carbons (Fsp3) is 0.571. The Morgan fingerprint density at radius 1 is 1.21 bits per heavy atom. The number of unbranched alkanes of at least 4 members (excludes halogenated alkanes) is 1. The Bertz CT molecular complexity index is 284. The van der Waals surface area contributed by atoms with Gasteiger partial charge in [0, 0.05) is 0 Å². The predicted octanol–water partition coefficient (Wildman–Crippen LogP) is 4.46. The molecule has 1 aromatic carbocycles. The summed E-state index contributed by atoms with van der Waals surface area (Å²) < 4.78 is 0. The second-order valence-electron chi connectivity index (χ2n) is 4.41. The molecule has 0 N–H and O–H groups in total. The normalized spacial score (nSPS) is 10.9. The third-order valence-corrected chi connectivity index (χ3v) is 2.79. The summed E-state index contributed by atoms with van der Waals surface area (Å²) >= 11 is 0. The number of hydrogen-bond acceptors (Lipinski definition) is 0. The van der Waals surface area contributed by atoms with Crippen LogP contribution in [0, 0.1) is 6.92 Å². The minimum atomic E-state index is 0.656. The molecule has 0 amide bonds. The van der Waals surface area contributed by atoms with Crippen LogP contribution in [0.25, 0.3) is 0 Å². The summed E-state index contributed by atoms with van der Waals surface area (Å²) in [5.41, 5.74) is 4.58. The van der Waals surface area contributed by atoms with E-state index in [-0.39, 0.29) is 0 Å². The van der Waals surface area contributed by atoms with E-state index in [1.807, 2.05) is 0 Å². The van der Waals surface area contributed by atoms with Gasteiger partial charge in [-0.2, -0.15) is 0 Å². The average Bonchev–Trinajstić information content (AvgIpc) is 2.14. The number of benzene rings is 1. The molecule has 78 valence electrons. The zero-order valence-electron chi connectivity index (χ0n) is 9.93. The van der Waals surface area contributed by atoms with Crippen LogP contribution in [0.1, 0.15) is 56.2 Å². The van der Waals surface area contributed by atoms with E-state index in [9.17, 15) is 0 Å². The molecule has 0 heterocycles. The van der Waals surface area contributed by atoms with Gasteiger partial charge in [-0.25, -0.2) is 0 Å². The Balaban J connectivity index is 2.96. The van der Waals surface area contributed by atoms with E-state index in [0.29, 0.717) is 5.92 Å². The molecule has 0 fully saturated rings. The first kappa shape index (κ1) is 11.3. The highest BCUT2D eigenvalue weighted by Gasteiger charge is 2.08. The fourth-order valence-corrected chi connectivity index (χ4v) is 2.15. The van der Waals surface area contributed by atoms with Crippen molar-refractivity contribution >= 4 is 0 Å². The molecule has 0 aromatic heterocycles. The molecule has 0 saturated carbocycles. The Kier molecular flexibility index (Phi) is 4.19. The zero-order chi connectivity index (χ0) is 10.6. The Labute approximate surface area is 88.4 Å². The predicted molar refractivity (Wildman–Crippen MR) is 63.9 cm³/mol. The number of rotatable bonds is 4. The summed E-state index contributed by atoms with van der Waals surface area (Å²) in [6.07, 6.45) is 3.83. The molecule has 0 nitrogen and oxygen atoms in total. The van der Waals surface area contributed by atoms with E-state index in [1.54, 1.807) is 11.1 Å². The SMILES string of the molecule is CCCCc1cccc(C)c1C(C)C. The molecule has 0 aliphatic rings. The molecule has 0 spiro atoms. The van der Waals surface area contributed by atoms with Crippen LogP contribution < -0.4 is 0 Å². The van der Waals surface area contributed by atoms with Crippen molar-refractivity contribution in [3.8, 4) is 0 Å². The number of aryl methyl sites for hydroxylation is 2. The van der Waals surface area contributed by atoms with Gasteiger partial charge >= 0.3 is 0 Å². The van der Waals surface area contributed by atoms with E-state index < -0.39 is 0 Å². The van der Waals surface area contributed by atoms with Crippen LogP contribution in [-0.2, 0) is 6.42 Å². The zero-order valence-corrected chi connectivity index (χ0v) is 9.93. The van der Waals surface area contributed by atoms with Crippen molar-refractivity contribution < 1.29 is 0 Å². The summed E-state index contributed by atoms with van der Waals surface area (Å²) in [4.78, 5) is 0. The van der Waals surface area contributed by atoms with Crippen LogP contribution in [-0.4, -0.2) is 0 Å². The second kappa shape index (κ2) is 5.19. The van der Waals surface area contributed by atoms with Gasteiger partial charge in [-0.15, -0.1) is 0 Å². The van der Waals surface area contributed by atoms with Gasteiger partial charge in [0.25, 0.3) is 0 Å². The van der Waals surface area contributed by atoms with Crippen LogP contribution in [0.15, 0.2) is 18.2 Å². The van der Waals surface area contributed by atoms with Gasteiger partial charge in [-0.1, -0.05) is 45.4 Å². The van der Waals surface area contributed by atoms with Gasteiger partial charge in [-0.05, 0) is 42.4 Å². The number of hydrogen-bond donors (Lipinski definition) is 0. The lowest BCUT2D eigenvalue weighted by Gasteiger charge is -2.15. The molecule has 14 heavy (non-hydrogen) atoms. The van der Waals surface area contributed by atoms with Crippen molar-refractivity contribution in [2.24, 2.45) is 0 Å². The van der Waals surface area contributed by atoms with E-state index in [4.69, 9.17) is 0 Å². The molecular weight excluding hydrogens is 168 g/mol. The van der Waals surface area contributed by atoms with Crippen LogP contribution in [0.2, 0.25) is 0 Å². The van der Waals surface area contributed by atoms with Crippen LogP contribution in [0.4, 0.5) is 0 Å². The van der Waals surface area contributed by atoms with Crippen LogP contribution >= 0.6 is 0 Å². The molecule has 1 aromatic rings. The first-order valence-corrected chi connectivity index (χ1v) is 5.75. The van der Waals surface area contributed by atoms with E-state index in [0.717, 1.165) is 0 Å². The molecule has 0 aliphatic heterocycles. The quantitative estimate of drug-likeness (QED) is 0.657. The fourth-order valence-electron chi connectivity index (χ4n) is 2.15. The Morgan fingerprint density at radius 2 is 1.93 bits per heavy atom. The monoisotopic (exact) mass is 190 g/mol. The summed E-state index contributed by atoms with van der Waals surface area (Å²) in [6, 6.07) is 6.70. The van der Waals surface area contributed by atoms with Crippen molar-refractivity contribution in [3.05, 3.63) is 34.9 Å². The molecular formula is C14H22. The van der Waals surface area contributed by atoms with Crippen molar-refractivity contribution in [3.63, 3.8) is 0 Å². The first-order valence-electron chi connectivity index (χ1n) is 5.75. The summed E-state index contributed by atoms with van der Waals surface area (Å²) in [5, 5.41) is 0. The second-order valence-corrected chi connectivity index (χ2v) is 4.41. The van der Waals surface area contributed by atoms with Gasteiger partial charge in [0.05, 0.1) is 0 Å². The van der Waals surface area contributed by atoms with E-state index >= 15 is 0 Å². The van der Waals surface area contributed by atoms with Crippen molar-refractivity contribution in [2.75, 3.05) is 0 Å². The summed E-state index contributed by atoms with van der Waals surface area (Å²) in [5.74, 6) is 0.656. The highest BCUT2D eigenvalue weighted by atomic mass is 14.1. The maximum Gasteiger partial charge on any atom is -0.0213 e. The minimum absolute atomic E-state index is 0.656. The molecule has 0 atom stereocenters. The van der Waals surface area contributed by atoms with Crippen LogP contribution in [0.3, 0.4) is 0 Å². The smallest absolute Gasteiger partial charge is 0.0213 e. The van der Waals surface area contributed by atoms with Gasteiger partial charge in [0.15, 0.2) is 0 Å². The van der Waals surface area contributed by atoms with E-state index in [2.05, 4.69) is 45.9 Å². The highest BCUT2D eigenvalue weighted by Crippen LogP contribution is 2.24. The largest absolute Gasteiger partial charge is 0.0654 e. The standard InChI is InChI=1S/C14H22/c1-5-6-9-13-10-7-8-12(4)14(13)11(2)3/h7-8,10-11H,5-6,9H2,1-4H3. The third kappa shape index (κ3) is 2.60. The molecule has 1 rings (SSSR count). The lowest BCUT2D eigenvalue weighted by Crippen LogP contribution is -1.99. The summed E-state index contributed by atoms with van der Waals surface area (Å²) in [6.45, 7) is 9.06. The van der Waals surface area contributed by atoms with Crippen molar-refractivity contribution in [1.29, 1.82) is 0 Å². The summed E-state index contributed by atoms with van der Waals surface area (Å²) in [7, 11) is 0. The van der Waals surface area contributed by atoms with Crippen molar-refractivity contribution in [1.82, 2.24) is 0 Å². The Hall–Kier alpha value is -0.780. The van der Waals surface area contributed by atoms with E-state index in [1.165, 1.54) is 24.8 Å². The molecule has 0 aliphatic carbocycles. The molecule has 0 heteroatoms. The third-order valence-electron chi connectivity index (χ3n) is 2.79. The minimum Gasteiger partial charge on any atom is -0.0654 e. The topological polar surface area (TPSA) is 0 Å². The van der Waals surface area contributed by atoms with Crippen molar-refractivity contribution in [2.45, 2.75) is 52.9 Å². The maximum absolute atomic E-state index is 2.29. The van der Waals surface area contributed by atoms with Gasteiger partial charge in [0.2, 0.25) is 0 Å². The Morgan fingerprint density at radius 3 is 2.50 bits per heavy atom. The molecule has 0 unspecified atom stereocenters. The molecule has 0 saturated heterocycles. The molecule has 0 radical (unpaired) electrons. The average molecular weight is 190 g/mol. The molecule has 0 bridgehead atoms. The van der Waals surface area contributed by atoms with Crippen LogP contribution in [0.5, 0.6) is 0 Å². The van der Waals surface area contributed by atoms with Gasteiger partial charge in [-0.3, -0.25) is 0 Å². The lowest BCUT2D eigenvalue weighted by atomic mass is 9.90.